The van der Waals surface area contributed by atoms with E-state index in [2.05, 4.69) is 30.8 Å². The van der Waals surface area contributed by atoms with Crippen LogP contribution in [0.3, 0.4) is 0 Å². The summed E-state index contributed by atoms with van der Waals surface area (Å²) in [6, 6.07) is 9.25. The fourth-order valence-electron chi connectivity index (χ4n) is 2.43. The molecule has 0 saturated carbocycles. The molecule has 0 radical (unpaired) electrons. The molecule has 0 aliphatic rings. The molecule has 8 heteroatoms. The highest BCUT2D eigenvalue weighted by Gasteiger charge is 2.22. The van der Waals surface area contributed by atoms with Crippen LogP contribution in [0.1, 0.15) is 21.7 Å². The molecule has 3 aromatic rings. The van der Waals surface area contributed by atoms with Crippen LogP contribution in [0, 0.1) is 20.8 Å². The van der Waals surface area contributed by atoms with E-state index in [0.29, 0.717) is 4.90 Å². The van der Waals surface area contributed by atoms with Crippen molar-refractivity contribution >= 4 is 37.3 Å². The highest BCUT2D eigenvalue weighted by molar-refractivity contribution is 9.10. The van der Waals surface area contributed by atoms with Crippen molar-refractivity contribution in [3.8, 4) is 10.6 Å². The van der Waals surface area contributed by atoms with Crippen molar-refractivity contribution in [1.82, 2.24) is 14.9 Å². The van der Waals surface area contributed by atoms with Crippen molar-refractivity contribution in [1.29, 1.82) is 0 Å². The SMILES string of the molecule is Cc1[nH]nc(-c2cc(S(=O)(=O)NCc3ccc(Br)cc3)c(C)s2)c1C. The molecular formula is C17H18BrN3O2S2. The molecule has 2 N–H and O–H groups in total. The summed E-state index contributed by atoms with van der Waals surface area (Å²) in [7, 11) is -3.58. The standard InChI is InChI=1S/C17H18BrN3O2S2/c1-10-11(2)20-21-17(10)15-8-16(12(3)24-15)25(22,23)19-9-13-4-6-14(18)7-5-13/h4-8,19H,9H2,1-3H3,(H,20,21). The van der Waals surface area contributed by atoms with Gasteiger partial charge in [-0.2, -0.15) is 5.10 Å². The van der Waals surface area contributed by atoms with Crippen LogP contribution >= 0.6 is 27.3 Å². The zero-order valence-electron chi connectivity index (χ0n) is 14.1. The number of aromatic amines is 1. The van der Waals surface area contributed by atoms with Gasteiger partial charge in [-0.3, -0.25) is 5.10 Å². The maximum Gasteiger partial charge on any atom is 0.241 e. The summed E-state index contributed by atoms with van der Waals surface area (Å²) in [4.78, 5) is 1.91. The Morgan fingerprint density at radius 3 is 2.48 bits per heavy atom. The molecule has 1 aromatic carbocycles. The fourth-order valence-corrected chi connectivity index (χ4v) is 5.35. The van der Waals surface area contributed by atoms with E-state index in [1.165, 1.54) is 11.3 Å². The fraction of sp³-hybridized carbons (Fsp3) is 0.235. The zero-order valence-corrected chi connectivity index (χ0v) is 17.3. The summed E-state index contributed by atoms with van der Waals surface area (Å²) in [6.45, 7) is 5.99. The average Bonchev–Trinajstić information content (AvgIpc) is 3.11. The van der Waals surface area contributed by atoms with Gasteiger partial charge in [0.1, 0.15) is 5.69 Å². The molecule has 2 heterocycles. The molecule has 0 spiro atoms. The Balaban J connectivity index is 1.85. The lowest BCUT2D eigenvalue weighted by Gasteiger charge is -2.06. The third-order valence-electron chi connectivity index (χ3n) is 4.03. The monoisotopic (exact) mass is 439 g/mol. The summed E-state index contributed by atoms with van der Waals surface area (Å²) in [6.07, 6.45) is 0. The van der Waals surface area contributed by atoms with E-state index in [0.717, 1.165) is 36.7 Å². The summed E-state index contributed by atoms with van der Waals surface area (Å²) < 4.78 is 29.0. The topological polar surface area (TPSA) is 74.8 Å². The Labute approximate surface area is 159 Å². The quantitative estimate of drug-likeness (QED) is 0.621. The van der Waals surface area contributed by atoms with Gasteiger partial charge in [-0.15, -0.1) is 11.3 Å². The molecule has 2 aromatic heterocycles. The Kier molecular flexibility index (Phi) is 5.15. The molecule has 0 amide bonds. The molecule has 0 bridgehead atoms. The number of sulfonamides is 1. The molecule has 0 atom stereocenters. The van der Waals surface area contributed by atoms with Crippen molar-refractivity contribution in [3.63, 3.8) is 0 Å². The molecule has 5 nitrogen and oxygen atoms in total. The number of aryl methyl sites for hydroxylation is 2. The molecule has 0 aliphatic carbocycles. The summed E-state index contributed by atoms with van der Waals surface area (Å²) in [5.41, 5.74) is 3.73. The van der Waals surface area contributed by atoms with Crippen LogP contribution in [0.15, 0.2) is 39.7 Å². The lowest BCUT2D eigenvalue weighted by atomic mass is 10.2. The average molecular weight is 440 g/mol. The lowest BCUT2D eigenvalue weighted by molar-refractivity contribution is 0.581. The van der Waals surface area contributed by atoms with Gasteiger partial charge in [-0.1, -0.05) is 28.1 Å². The van der Waals surface area contributed by atoms with Crippen molar-refractivity contribution < 1.29 is 8.42 Å². The van der Waals surface area contributed by atoms with Crippen molar-refractivity contribution in [2.45, 2.75) is 32.2 Å². The number of hydrogen-bond acceptors (Lipinski definition) is 4. The molecule has 0 unspecified atom stereocenters. The minimum absolute atomic E-state index is 0.251. The Hall–Kier alpha value is -1.48. The van der Waals surface area contributed by atoms with Crippen LogP contribution in [0.2, 0.25) is 0 Å². The van der Waals surface area contributed by atoms with E-state index >= 15 is 0 Å². The third kappa shape index (κ3) is 3.87. The molecule has 3 rings (SSSR count). The Bertz CT molecular complexity index is 1010. The van der Waals surface area contributed by atoms with Crippen molar-refractivity contribution in [2.24, 2.45) is 0 Å². The highest BCUT2D eigenvalue weighted by atomic mass is 79.9. The molecular weight excluding hydrogens is 422 g/mol. The minimum atomic E-state index is -3.58. The van der Waals surface area contributed by atoms with Gasteiger partial charge >= 0.3 is 0 Å². The van der Waals surface area contributed by atoms with E-state index in [1.54, 1.807) is 6.07 Å². The number of benzene rings is 1. The molecule has 25 heavy (non-hydrogen) atoms. The second-order valence-corrected chi connectivity index (χ2v) is 9.71. The lowest BCUT2D eigenvalue weighted by Crippen LogP contribution is -2.23. The van der Waals surface area contributed by atoms with Crippen molar-refractivity contribution in [3.05, 3.63) is 56.5 Å². The number of hydrogen-bond donors (Lipinski definition) is 2. The first-order valence-electron chi connectivity index (χ1n) is 7.64. The maximum absolute atomic E-state index is 12.7. The number of rotatable bonds is 5. The van der Waals surface area contributed by atoms with Gasteiger partial charge in [0.05, 0.1) is 9.77 Å². The van der Waals surface area contributed by atoms with Crippen molar-refractivity contribution in [2.75, 3.05) is 0 Å². The van der Waals surface area contributed by atoms with Crippen LogP contribution < -0.4 is 4.72 Å². The summed E-state index contributed by atoms with van der Waals surface area (Å²) in [5.74, 6) is 0. The largest absolute Gasteiger partial charge is 0.282 e. The van der Waals surface area contributed by atoms with Gasteiger partial charge in [0.25, 0.3) is 0 Å². The molecule has 0 saturated heterocycles. The van der Waals surface area contributed by atoms with Gasteiger partial charge in [-0.05, 0) is 50.1 Å². The second-order valence-electron chi connectivity index (χ2n) is 5.80. The summed E-state index contributed by atoms with van der Waals surface area (Å²) >= 11 is 4.81. The molecule has 0 aliphatic heterocycles. The smallest absolute Gasteiger partial charge is 0.241 e. The number of aromatic nitrogens is 2. The zero-order chi connectivity index (χ0) is 18.2. The van der Waals surface area contributed by atoms with Gasteiger partial charge in [0.15, 0.2) is 0 Å². The maximum atomic E-state index is 12.7. The number of nitrogens with zero attached hydrogens (tertiary/aromatic N) is 1. The van der Waals surface area contributed by atoms with E-state index in [-0.39, 0.29) is 6.54 Å². The molecule has 0 fully saturated rings. The van der Waals surface area contributed by atoms with E-state index < -0.39 is 10.0 Å². The highest BCUT2D eigenvalue weighted by Crippen LogP contribution is 2.34. The van der Waals surface area contributed by atoms with Crippen LogP contribution in [-0.4, -0.2) is 18.6 Å². The van der Waals surface area contributed by atoms with Gasteiger partial charge in [0, 0.05) is 21.6 Å². The number of nitrogens with one attached hydrogen (secondary N) is 2. The normalized spacial score (nSPS) is 11.8. The third-order valence-corrected chi connectivity index (χ3v) is 7.27. The van der Waals surface area contributed by atoms with Crippen LogP contribution in [0.5, 0.6) is 0 Å². The van der Waals surface area contributed by atoms with E-state index in [1.807, 2.05) is 45.0 Å². The van der Waals surface area contributed by atoms with E-state index in [4.69, 9.17) is 0 Å². The second kappa shape index (κ2) is 7.03. The van der Waals surface area contributed by atoms with Gasteiger partial charge in [0.2, 0.25) is 10.0 Å². The minimum Gasteiger partial charge on any atom is -0.282 e. The van der Waals surface area contributed by atoms with Gasteiger partial charge in [-0.25, -0.2) is 13.1 Å². The number of thiophene rings is 1. The van der Waals surface area contributed by atoms with Gasteiger partial charge < -0.3 is 0 Å². The van der Waals surface area contributed by atoms with E-state index in [9.17, 15) is 8.42 Å². The summed E-state index contributed by atoms with van der Waals surface area (Å²) in [5, 5.41) is 7.23. The van der Waals surface area contributed by atoms with Crippen LogP contribution in [0.4, 0.5) is 0 Å². The van der Waals surface area contributed by atoms with Crippen LogP contribution in [0.25, 0.3) is 10.6 Å². The first-order chi connectivity index (χ1) is 11.8. The number of halogens is 1. The van der Waals surface area contributed by atoms with Crippen LogP contribution in [-0.2, 0) is 16.6 Å². The number of H-pyrrole nitrogens is 1. The Morgan fingerprint density at radius 1 is 1.20 bits per heavy atom. The predicted molar refractivity (Wildman–Crippen MR) is 104 cm³/mol. The first-order valence-corrected chi connectivity index (χ1v) is 10.7. The molecule has 132 valence electrons. The first kappa shape index (κ1) is 18.3. The predicted octanol–water partition coefficient (Wildman–Crippen LogP) is 4.30. The Morgan fingerprint density at radius 2 is 1.88 bits per heavy atom.